The number of hydrogen-bond acceptors (Lipinski definition) is 3. The summed E-state index contributed by atoms with van der Waals surface area (Å²) in [6.07, 6.45) is 4.50. The Hall–Kier alpha value is -1.07. The fourth-order valence-electron chi connectivity index (χ4n) is 2.94. The summed E-state index contributed by atoms with van der Waals surface area (Å²) in [6.45, 7) is 0. The molecule has 1 aromatic heterocycles. The van der Waals surface area contributed by atoms with Gasteiger partial charge in [-0.05, 0) is 24.3 Å². The Kier molecular flexibility index (Phi) is 4.70. The molecule has 4 nitrogen and oxygen atoms in total. The predicted molar refractivity (Wildman–Crippen MR) is 79.5 cm³/mol. The highest BCUT2D eigenvalue weighted by atomic mass is 35.5. The SMILES string of the molecule is CN(C(=O)c1sccc1Cl)C1(CC(=O)O)CCCCC1. The Morgan fingerprint density at radius 3 is 2.55 bits per heavy atom. The average molecular weight is 316 g/mol. The molecule has 0 atom stereocenters. The number of halogens is 1. The van der Waals surface area contributed by atoms with E-state index in [-0.39, 0.29) is 12.3 Å². The van der Waals surface area contributed by atoms with Gasteiger partial charge in [-0.2, -0.15) is 0 Å². The van der Waals surface area contributed by atoms with Crippen LogP contribution >= 0.6 is 22.9 Å². The van der Waals surface area contributed by atoms with E-state index < -0.39 is 11.5 Å². The van der Waals surface area contributed by atoms with Crippen LogP contribution in [0.25, 0.3) is 0 Å². The molecule has 0 aliphatic heterocycles. The molecule has 110 valence electrons. The molecule has 1 amide bonds. The zero-order valence-corrected chi connectivity index (χ0v) is 13.0. The first kappa shape index (κ1) is 15.3. The molecule has 1 aromatic rings. The van der Waals surface area contributed by atoms with Gasteiger partial charge in [-0.15, -0.1) is 11.3 Å². The molecule has 2 rings (SSSR count). The Balaban J connectivity index is 2.26. The molecule has 1 saturated carbocycles. The number of nitrogens with zero attached hydrogens (tertiary/aromatic N) is 1. The van der Waals surface area contributed by atoms with Crippen LogP contribution in [0.1, 0.15) is 48.2 Å². The van der Waals surface area contributed by atoms with Gasteiger partial charge in [0, 0.05) is 7.05 Å². The number of rotatable bonds is 4. The van der Waals surface area contributed by atoms with E-state index >= 15 is 0 Å². The Bertz CT molecular complexity index is 508. The molecular formula is C14H18ClNO3S. The molecule has 20 heavy (non-hydrogen) atoms. The molecule has 1 aliphatic rings. The summed E-state index contributed by atoms with van der Waals surface area (Å²) in [5, 5.41) is 11.4. The molecule has 1 fully saturated rings. The fourth-order valence-corrected chi connectivity index (χ4v) is 4.05. The van der Waals surface area contributed by atoms with E-state index in [9.17, 15) is 14.7 Å². The predicted octanol–water partition coefficient (Wildman–Crippen LogP) is 3.65. The lowest BCUT2D eigenvalue weighted by Crippen LogP contribution is -2.52. The van der Waals surface area contributed by atoms with Crippen molar-refractivity contribution in [3.63, 3.8) is 0 Å². The van der Waals surface area contributed by atoms with E-state index in [0.29, 0.717) is 9.90 Å². The highest BCUT2D eigenvalue weighted by molar-refractivity contribution is 7.12. The van der Waals surface area contributed by atoms with Crippen molar-refractivity contribution < 1.29 is 14.7 Å². The minimum absolute atomic E-state index is 0.00175. The summed E-state index contributed by atoms with van der Waals surface area (Å²) in [6, 6.07) is 1.69. The average Bonchev–Trinajstić information content (AvgIpc) is 2.83. The van der Waals surface area contributed by atoms with E-state index in [2.05, 4.69) is 0 Å². The molecule has 0 radical (unpaired) electrons. The van der Waals surface area contributed by atoms with Gasteiger partial charge in [0.15, 0.2) is 0 Å². The first-order chi connectivity index (χ1) is 9.46. The smallest absolute Gasteiger partial charge is 0.305 e. The van der Waals surface area contributed by atoms with Crippen LogP contribution in [0.4, 0.5) is 0 Å². The molecule has 1 aliphatic carbocycles. The maximum Gasteiger partial charge on any atom is 0.305 e. The lowest BCUT2D eigenvalue weighted by molar-refractivity contribution is -0.140. The van der Waals surface area contributed by atoms with Crippen LogP contribution in [-0.2, 0) is 4.79 Å². The number of carbonyl (C=O) groups is 2. The van der Waals surface area contributed by atoms with Gasteiger partial charge in [-0.25, -0.2) is 0 Å². The molecule has 6 heteroatoms. The van der Waals surface area contributed by atoms with Gasteiger partial charge in [0.2, 0.25) is 0 Å². The first-order valence-electron chi connectivity index (χ1n) is 6.69. The van der Waals surface area contributed by atoms with Gasteiger partial charge in [0.25, 0.3) is 5.91 Å². The molecule has 1 N–H and O–H groups in total. The van der Waals surface area contributed by atoms with Crippen molar-refractivity contribution >= 4 is 34.8 Å². The van der Waals surface area contributed by atoms with Crippen LogP contribution in [-0.4, -0.2) is 34.5 Å². The molecule has 0 spiro atoms. The number of carboxylic acid groups (broad SMARTS) is 1. The monoisotopic (exact) mass is 315 g/mol. The number of carboxylic acids is 1. The summed E-state index contributed by atoms with van der Waals surface area (Å²) in [4.78, 5) is 25.9. The summed E-state index contributed by atoms with van der Waals surface area (Å²) >= 11 is 7.31. The molecular weight excluding hydrogens is 298 g/mol. The van der Waals surface area contributed by atoms with Crippen LogP contribution in [0.5, 0.6) is 0 Å². The van der Waals surface area contributed by atoms with Crippen molar-refractivity contribution in [2.45, 2.75) is 44.1 Å². The number of hydrogen-bond donors (Lipinski definition) is 1. The summed E-state index contributed by atoms with van der Waals surface area (Å²) < 4.78 is 0. The van der Waals surface area contributed by atoms with Crippen molar-refractivity contribution in [3.05, 3.63) is 21.3 Å². The summed E-state index contributed by atoms with van der Waals surface area (Å²) in [5.41, 5.74) is -0.575. The van der Waals surface area contributed by atoms with Crippen molar-refractivity contribution in [1.29, 1.82) is 0 Å². The molecule has 0 aromatic carbocycles. The second-order valence-electron chi connectivity index (χ2n) is 5.32. The fraction of sp³-hybridized carbons (Fsp3) is 0.571. The van der Waals surface area contributed by atoms with Gasteiger partial charge in [0.1, 0.15) is 4.88 Å². The zero-order chi connectivity index (χ0) is 14.8. The van der Waals surface area contributed by atoms with Gasteiger partial charge in [0.05, 0.1) is 17.0 Å². The lowest BCUT2D eigenvalue weighted by atomic mass is 9.78. The minimum atomic E-state index is -0.858. The van der Waals surface area contributed by atoms with Crippen molar-refractivity contribution in [2.75, 3.05) is 7.05 Å². The Morgan fingerprint density at radius 1 is 1.40 bits per heavy atom. The van der Waals surface area contributed by atoms with E-state index in [1.165, 1.54) is 11.3 Å². The van der Waals surface area contributed by atoms with E-state index in [4.69, 9.17) is 11.6 Å². The van der Waals surface area contributed by atoms with E-state index in [1.54, 1.807) is 23.4 Å². The van der Waals surface area contributed by atoms with Gasteiger partial charge < -0.3 is 10.0 Å². The third-order valence-electron chi connectivity index (χ3n) is 4.09. The van der Waals surface area contributed by atoms with E-state index in [0.717, 1.165) is 32.1 Å². The van der Waals surface area contributed by atoms with Crippen LogP contribution in [0.15, 0.2) is 11.4 Å². The highest BCUT2D eigenvalue weighted by Gasteiger charge is 2.41. The largest absolute Gasteiger partial charge is 0.481 e. The molecule has 1 heterocycles. The van der Waals surface area contributed by atoms with Crippen LogP contribution < -0.4 is 0 Å². The highest BCUT2D eigenvalue weighted by Crippen LogP contribution is 2.37. The normalized spacial score (nSPS) is 17.7. The standard InChI is InChI=1S/C14H18ClNO3S/c1-16(13(19)12-10(15)5-8-20-12)14(9-11(17)18)6-3-2-4-7-14/h5,8H,2-4,6-7,9H2,1H3,(H,17,18). The van der Waals surface area contributed by atoms with Crippen LogP contribution in [0, 0.1) is 0 Å². The van der Waals surface area contributed by atoms with E-state index in [1.807, 2.05) is 0 Å². The van der Waals surface area contributed by atoms with Crippen molar-refractivity contribution in [1.82, 2.24) is 4.90 Å². The second-order valence-corrected chi connectivity index (χ2v) is 6.64. The topological polar surface area (TPSA) is 57.6 Å². The number of amides is 1. The maximum atomic E-state index is 12.6. The van der Waals surface area contributed by atoms with Gasteiger partial charge >= 0.3 is 5.97 Å². The summed E-state index contributed by atoms with van der Waals surface area (Å²) in [5.74, 6) is -1.03. The third-order valence-corrected chi connectivity index (χ3v) is 5.42. The third kappa shape index (κ3) is 2.99. The first-order valence-corrected chi connectivity index (χ1v) is 7.95. The Morgan fingerprint density at radius 2 is 2.05 bits per heavy atom. The number of carbonyl (C=O) groups excluding carboxylic acids is 1. The quantitative estimate of drug-likeness (QED) is 0.922. The molecule has 0 bridgehead atoms. The van der Waals surface area contributed by atoms with Crippen molar-refractivity contribution in [3.8, 4) is 0 Å². The zero-order valence-electron chi connectivity index (χ0n) is 11.4. The van der Waals surface area contributed by atoms with Crippen LogP contribution in [0.3, 0.4) is 0 Å². The molecule has 0 unspecified atom stereocenters. The molecule has 0 saturated heterocycles. The Labute approximate surface area is 127 Å². The number of aliphatic carboxylic acids is 1. The lowest BCUT2D eigenvalue weighted by Gasteiger charge is -2.43. The maximum absolute atomic E-state index is 12.6. The van der Waals surface area contributed by atoms with Gasteiger partial charge in [-0.1, -0.05) is 30.9 Å². The van der Waals surface area contributed by atoms with Gasteiger partial charge in [-0.3, -0.25) is 9.59 Å². The number of thiophene rings is 1. The minimum Gasteiger partial charge on any atom is -0.481 e. The second kappa shape index (κ2) is 6.14. The van der Waals surface area contributed by atoms with Crippen LogP contribution in [0.2, 0.25) is 5.02 Å². The van der Waals surface area contributed by atoms with Crippen molar-refractivity contribution in [2.24, 2.45) is 0 Å². The summed E-state index contributed by atoms with van der Waals surface area (Å²) in [7, 11) is 1.70.